The van der Waals surface area contributed by atoms with Crippen LogP contribution in [0.5, 0.6) is 0 Å². The molecule has 17 heavy (non-hydrogen) atoms. The molecule has 0 amide bonds. The quantitative estimate of drug-likeness (QED) is 0.863. The molecule has 1 fully saturated rings. The fourth-order valence-corrected chi connectivity index (χ4v) is 2.30. The summed E-state index contributed by atoms with van der Waals surface area (Å²) in [7, 11) is 3.84. The second-order valence-corrected chi connectivity index (χ2v) is 5.56. The van der Waals surface area contributed by atoms with Crippen molar-refractivity contribution in [2.24, 2.45) is 5.92 Å². The van der Waals surface area contributed by atoms with Crippen molar-refractivity contribution in [1.29, 1.82) is 0 Å². The van der Waals surface area contributed by atoms with E-state index in [1.165, 1.54) is 12.8 Å². The summed E-state index contributed by atoms with van der Waals surface area (Å²) in [6, 6.07) is 0. The van der Waals surface area contributed by atoms with Crippen LogP contribution < -0.4 is 10.2 Å². The number of nitrogens with zero attached hydrogens (tertiary/aromatic N) is 3. The molecule has 0 aliphatic carbocycles. The Hall–Kier alpha value is -1.10. The van der Waals surface area contributed by atoms with Gasteiger partial charge in [0.15, 0.2) is 0 Å². The molecule has 1 aliphatic rings. The Balaban J connectivity index is 2.17. The second kappa shape index (κ2) is 4.64. The van der Waals surface area contributed by atoms with E-state index in [2.05, 4.69) is 29.3 Å². The van der Waals surface area contributed by atoms with Crippen LogP contribution in [0.1, 0.15) is 32.6 Å². The number of aromatic nitrogens is 2. The number of piperidine rings is 1. The van der Waals surface area contributed by atoms with Gasteiger partial charge in [-0.2, -0.15) is 4.98 Å². The summed E-state index contributed by atoms with van der Waals surface area (Å²) in [5.74, 6) is 1.96. The highest BCUT2D eigenvalue weighted by Crippen LogP contribution is 2.34. The lowest BCUT2D eigenvalue weighted by Crippen LogP contribution is -2.41. The van der Waals surface area contributed by atoms with Gasteiger partial charge in [-0.1, -0.05) is 13.8 Å². The van der Waals surface area contributed by atoms with Gasteiger partial charge in [-0.05, 0) is 37.0 Å². The van der Waals surface area contributed by atoms with Crippen LogP contribution in [-0.4, -0.2) is 37.3 Å². The lowest BCUT2D eigenvalue weighted by atomic mass is 9.75. The fourth-order valence-electron chi connectivity index (χ4n) is 2.30. The van der Waals surface area contributed by atoms with Crippen molar-refractivity contribution in [2.45, 2.75) is 32.1 Å². The molecule has 1 atom stereocenters. The van der Waals surface area contributed by atoms with Crippen molar-refractivity contribution >= 4 is 5.95 Å². The summed E-state index contributed by atoms with van der Waals surface area (Å²) in [5.41, 5.74) is -0.0608. The van der Waals surface area contributed by atoms with E-state index >= 15 is 0 Å². The highest BCUT2D eigenvalue weighted by Gasteiger charge is 2.37. The molecule has 5 nitrogen and oxygen atoms in total. The standard InChI is InChI=1S/C12H22N4O/c1-12(2,9-6-5-7-13-8-9)10-14-11(15-17-10)16(3)4/h9,13H,5-8H2,1-4H3. The highest BCUT2D eigenvalue weighted by atomic mass is 16.5. The van der Waals surface area contributed by atoms with Crippen molar-refractivity contribution < 1.29 is 4.52 Å². The van der Waals surface area contributed by atoms with Gasteiger partial charge in [-0.3, -0.25) is 0 Å². The van der Waals surface area contributed by atoms with Crippen molar-refractivity contribution in [2.75, 3.05) is 32.1 Å². The molecule has 2 rings (SSSR count). The number of nitrogens with one attached hydrogen (secondary N) is 1. The first kappa shape index (κ1) is 12.4. The van der Waals surface area contributed by atoms with Gasteiger partial charge in [-0.15, -0.1) is 0 Å². The summed E-state index contributed by atoms with van der Waals surface area (Å²) in [6.45, 7) is 6.54. The van der Waals surface area contributed by atoms with E-state index in [-0.39, 0.29) is 5.41 Å². The molecular weight excluding hydrogens is 216 g/mol. The van der Waals surface area contributed by atoms with Crippen LogP contribution in [0.3, 0.4) is 0 Å². The molecule has 5 heteroatoms. The predicted molar refractivity (Wildman–Crippen MR) is 67.2 cm³/mol. The fraction of sp³-hybridized carbons (Fsp3) is 0.833. The van der Waals surface area contributed by atoms with Gasteiger partial charge in [0.25, 0.3) is 5.95 Å². The van der Waals surface area contributed by atoms with Gasteiger partial charge in [-0.25, -0.2) is 0 Å². The highest BCUT2D eigenvalue weighted by molar-refractivity contribution is 5.25. The Bertz CT molecular complexity index is 366. The molecule has 1 unspecified atom stereocenters. The monoisotopic (exact) mass is 238 g/mol. The molecule has 0 bridgehead atoms. The summed E-state index contributed by atoms with van der Waals surface area (Å²) in [5, 5.41) is 7.44. The Morgan fingerprint density at radius 3 is 2.71 bits per heavy atom. The first-order valence-corrected chi connectivity index (χ1v) is 6.24. The smallest absolute Gasteiger partial charge is 0.265 e. The predicted octanol–water partition coefficient (Wildman–Crippen LogP) is 1.41. The van der Waals surface area contributed by atoms with Gasteiger partial charge < -0.3 is 14.7 Å². The van der Waals surface area contributed by atoms with Gasteiger partial charge in [0.05, 0.1) is 0 Å². The average molecular weight is 238 g/mol. The third kappa shape index (κ3) is 2.44. The van der Waals surface area contributed by atoms with Gasteiger partial charge in [0.2, 0.25) is 5.89 Å². The van der Waals surface area contributed by atoms with Crippen LogP contribution in [0, 0.1) is 5.92 Å². The number of hydrogen-bond acceptors (Lipinski definition) is 5. The third-order valence-electron chi connectivity index (χ3n) is 3.68. The van der Waals surface area contributed by atoms with E-state index in [1.54, 1.807) is 0 Å². The molecule has 0 aromatic carbocycles. The lowest BCUT2D eigenvalue weighted by Gasteiger charge is -2.34. The summed E-state index contributed by atoms with van der Waals surface area (Å²) in [4.78, 5) is 6.34. The Labute approximate surface area is 103 Å². The third-order valence-corrected chi connectivity index (χ3v) is 3.68. The summed E-state index contributed by atoms with van der Waals surface area (Å²) in [6.07, 6.45) is 2.45. The zero-order valence-electron chi connectivity index (χ0n) is 11.2. The molecule has 96 valence electrons. The molecule has 1 aromatic rings. The number of hydrogen-bond donors (Lipinski definition) is 1. The van der Waals surface area contributed by atoms with Gasteiger partial charge in [0.1, 0.15) is 0 Å². The maximum atomic E-state index is 5.41. The maximum absolute atomic E-state index is 5.41. The lowest BCUT2D eigenvalue weighted by molar-refractivity contribution is 0.196. The normalized spacial score (nSPS) is 21.5. The molecule has 1 aromatic heterocycles. The molecular formula is C12H22N4O. The zero-order chi connectivity index (χ0) is 12.5. The summed E-state index contributed by atoms with van der Waals surface area (Å²) < 4.78 is 5.41. The van der Waals surface area contributed by atoms with Gasteiger partial charge >= 0.3 is 0 Å². The Morgan fingerprint density at radius 1 is 1.41 bits per heavy atom. The minimum Gasteiger partial charge on any atom is -0.344 e. The Morgan fingerprint density at radius 2 is 2.18 bits per heavy atom. The van der Waals surface area contributed by atoms with Crippen molar-refractivity contribution in [1.82, 2.24) is 15.5 Å². The maximum Gasteiger partial charge on any atom is 0.265 e. The molecule has 0 saturated carbocycles. The van der Waals surface area contributed by atoms with Crippen LogP contribution in [0.2, 0.25) is 0 Å². The number of rotatable bonds is 3. The first-order chi connectivity index (χ1) is 8.01. The minimum absolute atomic E-state index is 0.0608. The van der Waals surface area contributed by atoms with Crippen molar-refractivity contribution in [3.05, 3.63) is 5.89 Å². The van der Waals surface area contributed by atoms with Crippen molar-refractivity contribution in [3.63, 3.8) is 0 Å². The molecule has 2 heterocycles. The SMILES string of the molecule is CN(C)c1noc(C(C)(C)C2CCCNC2)n1. The second-order valence-electron chi connectivity index (χ2n) is 5.56. The van der Waals surface area contributed by atoms with E-state index in [0.29, 0.717) is 11.9 Å². The molecule has 0 radical (unpaired) electrons. The van der Waals surface area contributed by atoms with E-state index in [9.17, 15) is 0 Å². The number of anilines is 1. The average Bonchev–Trinajstić information content (AvgIpc) is 2.80. The largest absolute Gasteiger partial charge is 0.344 e. The molecule has 1 N–H and O–H groups in total. The van der Waals surface area contributed by atoms with E-state index in [4.69, 9.17) is 4.52 Å². The van der Waals surface area contributed by atoms with E-state index in [1.807, 2.05) is 19.0 Å². The van der Waals surface area contributed by atoms with Crippen LogP contribution in [0.4, 0.5) is 5.95 Å². The van der Waals surface area contributed by atoms with Crippen LogP contribution >= 0.6 is 0 Å². The molecule has 0 spiro atoms. The van der Waals surface area contributed by atoms with E-state index in [0.717, 1.165) is 19.0 Å². The van der Waals surface area contributed by atoms with Gasteiger partial charge in [0, 0.05) is 19.5 Å². The van der Waals surface area contributed by atoms with E-state index < -0.39 is 0 Å². The van der Waals surface area contributed by atoms with Crippen LogP contribution in [0.25, 0.3) is 0 Å². The zero-order valence-corrected chi connectivity index (χ0v) is 11.2. The Kier molecular flexibility index (Phi) is 3.38. The molecule has 1 aliphatic heterocycles. The van der Waals surface area contributed by atoms with Crippen molar-refractivity contribution in [3.8, 4) is 0 Å². The summed E-state index contributed by atoms with van der Waals surface area (Å²) >= 11 is 0. The van der Waals surface area contributed by atoms with Crippen LogP contribution in [-0.2, 0) is 5.41 Å². The first-order valence-electron chi connectivity index (χ1n) is 6.24. The minimum atomic E-state index is -0.0608. The topological polar surface area (TPSA) is 54.2 Å². The van der Waals surface area contributed by atoms with Crippen LogP contribution in [0.15, 0.2) is 4.52 Å². The molecule has 1 saturated heterocycles.